The molecule has 96 valence electrons. The minimum Gasteiger partial charge on any atom is -0.497 e. The normalized spacial score (nSPS) is 12.2. The average Bonchev–Trinajstić information content (AvgIpc) is 2.87. The van der Waals surface area contributed by atoms with Gasteiger partial charge in [-0.15, -0.1) is 0 Å². The van der Waals surface area contributed by atoms with E-state index in [9.17, 15) is 0 Å². The van der Waals surface area contributed by atoms with Crippen LogP contribution in [0.15, 0.2) is 30.7 Å². The summed E-state index contributed by atoms with van der Waals surface area (Å²) >= 11 is 0. The van der Waals surface area contributed by atoms with Crippen molar-refractivity contribution in [3.8, 4) is 17.2 Å². The summed E-state index contributed by atoms with van der Waals surface area (Å²) in [7, 11) is 3.26. The molecule has 1 atom stereocenters. The molecular formula is C13H17N3O2. The van der Waals surface area contributed by atoms with Crippen LogP contribution in [0.5, 0.6) is 11.5 Å². The molecule has 5 heteroatoms. The molecule has 0 bridgehead atoms. The third-order valence-electron chi connectivity index (χ3n) is 2.78. The molecule has 1 aromatic carbocycles. The molecule has 0 spiro atoms. The van der Waals surface area contributed by atoms with E-state index in [1.54, 1.807) is 26.7 Å². The van der Waals surface area contributed by atoms with Gasteiger partial charge in [0.05, 0.1) is 38.1 Å². The van der Waals surface area contributed by atoms with Crippen molar-refractivity contribution >= 4 is 0 Å². The molecule has 0 aliphatic heterocycles. The van der Waals surface area contributed by atoms with Gasteiger partial charge in [-0.1, -0.05) is 0 Å². The Bertz CT molecular complexity index is 535. The highest BCUT2D eigenvalue weighted by Crippen LogP contribution is 2.29. The van der Waals surface area contributed by atoms with Crippen molar-refractivity contribution in [2.24, 2.45) is 5.73 Å². The molecule has 0 saturated carbocycles. The highest BCUT2D eigenvalue weighted by atomic mass is 16.5. The lowest BCUT2D eigenvalue weighted by Crippen LogP contribution is -2.11. The molecule has 0 saturated heterocycles. The standard InChI is InChI=1S/C13H17N3O2/c1-9(14)12-7-15-8-16(12)11-6-10(17-2)4-5-13(11)18-3/h4-9H,14H2,1-3H3/t9-/m1/s1. The van der Waals surface area contributed by atoms with Gasteiger partial charge in [-0.2, -0.15) is 0 Å². The van der Waals surface area contributed by atoms with E-state index in [2.05, 4.69) is 4.98 Å². The van der Waals surface area contributed by atoms with Crippen molar-refractivity contribution < 1.29 is 9.47 Å². The Morgan fingerprint density at radius 1 is 1.28 bits per heavy atom. The van der Waals surface area contributed by atoms with E-state index in [0.717, 1.165) is 22.9 Å². The van der Waals surface area contributed by atoms with Gasteiger partial charge in [0, 0.05) is 12.1 Å². The molecule has 2 rings (SSSR count). The number of aromatic nitrogens is 2. The molecule has 18 heavy (non-hydrogen) atoms. The van der Waals surface area contributed by atoms with Crippen molar-refractivity contribution in [2.45, 2.75) is 13.0 Å². The Hall–Kier alpha value is -2.01. The van der Waals surface area contributed by atoms with Crippen LogP contribution < -0.4 is 15.2 Å². The van der Waals surface area contributed by atoms with Gasteiger partial charge < -0.3 is 15.2 Å². The maximum absolute atomic E-state index is 5.93. The van der Waals surface area contributed by atoms with Gasteiger partial charge in [0.15, 0.2) is 0 Å². The van der Waals surface area contributed by atoms with Crippen molar-refractivity contribution in [3.63, 3.8) is 0 Å². The summed E-state index contributed by atoms with van der Waals surface area (Å²) in [4.78, 5) is 4.14. The molecule has 2 aromatic rings. The molecular weight excluding hydrogens is 230 g/mol. The first-order valence-corrected chi connectivity index (χ1v) is 5.67. The summed E-state index contributed by atoms with van der Waals surface area (Å²) in [6, 6.07) is 5.50. The second-order valence-corrected chi connectivity index (χ2v) is 4.01. The number of imidazole rings is 1. The molecule has 0 unspecified atom stereocenters. The van der Waals surface area contributed by atoms with Crippen LogP contribution in [0.3, 0.4) is 0 Å². The third-order valence-corrected chi connectivity index (χ3v) is 2.78. The molecule has 0 radical (unpaired) electrons. The highest BCUT2D eigenvalue weighted by molar-refractivity contribution is 5.52. The maximum atomic E-state index is 5.93. The minimum atomic E-state index is -0.108. The van der Waals surface area contributed by atoms with Crippen LogP contribution >= 0.6 is 0 Å². The number of benzene rings is 1. The monoisotopic (exact) mass is 247 g/mol. The molecule has 5 nitrogen and oxygen atoms in total. The Morgan fingerprint density at radius 2 is 2.06 bits per heavy atom. The summed E-state index contributed by atoms with van der Waals surface area (Å²) in [5.74, 6) is 1.51. The molecule has 0 amide bonds. The van der Waals surface area contributed by atoms with E-state index in [-0.39, 0.29) is 6.04 Å². The van der Waals surface area contributed by atoms with E-state index in [4.69, 9.17) is 15.2 Å². The zero-order chi connectivity index (χ0) is 13.1. The average molecular weight is 247 g/mol. The number of rotatable bonds is 4. The predicted octanol–water partition coefficient (Wildman–Crippen LogP) is 1.91. The van der Waals surface area contributed by atoms with E-state index < -0.39 is 0 Å². The second-order valence-electron chi connectivity index (χ2n) is 4.01. The number of ether oxygens (including phenoxy) is 2. The van der Waals surface area contributed by atoms with Crippen LogP contribution in [-0.2, 0) is 0 Å². The van der Waals surface area contributed by atoms with Gasteiger partial charge in [-0.05, 0) is 19.1 Å². The van der Waals surface area contributed by atoms with E-state index in [1.807, 2.05) is 29.7 Å². The lowest BCUT2D eigenvalue weighted by molar-refractivity contribution is 0.401. The number of nitrogens with zero attached hydrogens (tertiary/aromatic N) is 2. The van der Waals surface area contributed by atoms with E-state index in [1.165, 1.54) is 0 Å². The van der Waals surface area contributed by atoms with Gasteiger partial charge in [0.25, 0.3) is 0 Å². The number of nitrogens with two attached hydrogens (primary N) is 1. The fraction of sp³-hybridized carbons (Fsp3) is 0.308. The van der Waals surface area contributed by atoms with Crippen LogP contribution in [0.4, 0.5) is 0 Å². The largest absolute Gasteiger partial charge is 0.497 e. The first-order valence-electron chi connectivity index (χ1n) is 5.67. The van der Waals surface area contributed by atoms with Crippen LogP contribution in [0.1, 0.15) is 18.7 Å². The minimum absolute atomic E-state index is 0.108. The van der Waals surface area contributed by atoms with Gasteiger partial charge in [0.1, 0.15) is 11.5 Å². The molecule has 0 fully saturated rings. The smallest absolute Gasteiger partial charge is 0.143 e. The Kier molecular flexibility index (Phi) is 3.53. The summed E-state index contributed by atoms with van der Waals surface area (Å²) in [6.07, 6.45) is 3.47. The Morgan fingerprint density at radius 3 is 2.67 bits per heavy atom. The lowest BCUT2D eigenvalue weighted by atomic mass is 10.2. The Labute approximate surface area is 106 Å². The quantitative estimate of drug-likeness (QED) is 0.896. The van der Waals surface area contributed by atoms with Crippen LogP contribution in [0, 0.1) is 0 Å². The fourth-order valence-electron chi connectivity index (χ4n) is 1.83. The van der Waals surface area contributed by atoms with Crippen molar-refractivity contribution in [2.75, 3.05) is 14.2 Å². The predicted molar refractivity (Wildman–Crippen MR) is 69.3 cm³/mol. The topological polar surface area (TPSA) is 62.3 Å². The van der Waals surface area contributed by atoms with Gasteiger partial charge >= 0.3 is 0 Å². The van der Waals surface area contributed by atoms with Gasteiger partial charge in [-0.25, -0.2) is 4.98 Å². The first kappa shape index (κ1) is 12.4. The van der Waals surface area contributed by atoms with Gasteiger partial charge in [0.2, 0.25) is 0 Å². The maximum Gasteiger partial charge on any atom is 0.143 e. The Balaban J connectivity index is 2.57. The van der Waals surface area contributed by atoms with E-state index in [0.29, 0.717) is 0 Å². The van der Waals surface area contributed by atoms with Crippen LogP contribution in [0.2, 0.25) is 0 Å². The van der Waals surface area contributed by atoms with Crippen molar-refractivity contribution in [1.82, 2.24) is 9.55 Å². The van der Waals surface area contributed by atoms with Crippen LogP contribution in [-0.4, -0.2) is 23.8 Å². The first-order chi connectivity index (χ1) is 8.67. The third kappa shape index (κ3) is 2.17. The summed E-state index contributed by atoms with van der Waals surface area (Å²) < 4.78 is 12.5. The molecule has 1 heterocycles. The van der Waals surface area contributed by atoms with Gasteiger partial charge in [-0.3, -0.25) is 4.57 Å². The van der Waals surface area contributed by atoms with Crippen molar-refractivity contribution in [1.29, 1.82) is 0 Å². The number of hydrogen-bond donors (Lipinski definition) is 1. The summed E-state index contributed by atoms with van der Waals surface area (Å²) in [5, 5.41) is 0. The molecule has 0 aliphatic rings. The zero-order valence-electron chi connectivity index (χ0n) is 10.8. The number of methoxy groups -OCH3 is 2. The van der Waals surface area contributed by atoms with Crippen molar-refractivity contribution in [3.05, 3.63) is 36.4 Å². The van der Waals surface area contributed by atoms with E-state index >= 15 is 0 Å². The number of hydrogen-bond acceptors (Lipinski definition) is 4. The molecule has 2 N–H and O–H groups in total. The fourth-order valence-corrected chi connectivity index (χ4v) is 1.83. The molecule has 1 aromatic heterocycles. The lowest BCUT2D eigenvalue weighted by Gasteiger charge is -2.15. The second kappa shape index (κ2) is 5.10. The SMILES string of the molecule is COc1ccc(OC)c(-n2cncc2[C@@H](C)N)c1. The summed E-state index contributed by atoms with van der Waals surface area (Å²) in [5.41, 5.74) is 7.71. The summed E-state index contributed by atoms with van der Waals surface area (Å²) in [6.45, 7) is 1.92. The highest BCUT2D eigenvalue weighted by Gasteiger charge is 2.13. The zero-order valence-corrected chi connectivity index (χ0v) is 10.8. The molecule has 0 aliphatic carbocycles. The van der Waals surface area contributed by atoms with Crippen LogP contribution in [0.25, 0.3) is 5.69 Å².